The SMILES string of the molecule is Cc1cc(C(=N)N)ccc1NC(=O)c1ccccc1-c1ccc(C(=O)NCC(C)C)cc1C(=O)OS(C)(=O)=O. The molecule has 0 aliphatic carbocycles. The van der Waals surface area contributed by atoms with Crippen molar-refractivity contribution >= 4 is 39.4 Å². The zero-order chi connectivity index (χ0) is 28.9. The molecule has 10 nitrogen and oxygen atoms in total. The molecule has 3 aromatic rings. The molecular formula is C28H30N4O6S. The topological polar surface area (TPSA) is 169 Å². The van der Waals surface area contributed by atoms with Gasteiger partial charge in [0.15, 0.2) is 0 Å². The molecule has 0 saturated carbocycles. The van der Waals surface area contributed by atoms with Gasteiger partial charge in [-0.2, -0.15) is 8.42 Å². The van der Waals surface area contributed by atoms with E-state index in [0.29, 0.717) is 28.9 Å². The van der Waals surface area contributed by atoms with Gasteiger partial charge in [0, 0.05) is 28.9 Å². The van der Waals surface area contributed by atoms with Gasteiger partial charge in [-0.15, -0.1) is 0 Å². The second kappa shape index (κ2) is 11.9. The molecule has 0 aliphatic rings. The smallest absolute Gasteiger partial charge is 0.354 e. The Morgan fingerprint density at radius 1 is 0.923 bits per heavy atom. The number of nitrogens with two attached hydrogens (primary N) is 1. The van der Waals surface area contributed by atoms with Crippen LogP contribution in [0.15, 0.2) is 60.7 Å². The molecule has 0 heterocycles. The van der Waals surface area contributed by atoms with Crippen LogP contribution < -0.4 is 16.4 Å². The number of rotatable bonds is 9. The van der Waals surface area contributed by atoms with E-state index in [2.05, 4.69) is 14.8 Å². The molecule has 0 saturated heterocycles. The van der Waals surface area contributed by atoms with Crippen LogP contribution in [0.25, 0.3) is 11.1 Å². The number of hydrogen-bond donors (Lipinski definition) is 4. The molecule has 0 spiro atoms. The first kappa shape index (κ1) is 29.1. The van der Waals surface area contributed by atoms with Crippen molar-refractivity contribution in [2.45, 2.75) is 20.8 Å². The quantitative estimate of drug-likeness (QED) is 0.179. The van der Waals surface area contributed by atoms with Gasteiger partial charge < -0.3 is 20.6 Å². The zero-order valence-corrected chi connectivity index (χ0v) is 22.8. The number of carbonyl (C=O) groups excluding carboxylic acids is 3. The molecule has 39 heavy (non-hydrogen) atoms. The maximum atomic E-state index is 13.4. The van der Waals surface area contributed by atoms with Gasteiger partial charge in [-0.1, -0.05) is 38.1 Å². The molecule has 0 radical (unpaired) electrons. The molecule has 0 aromatic heterocycles. The number of nitrogen functional groups attached to an aromatic ring is 1. The molecule has 11 heteroatoms. The Morgan fingerprint density at radius 3 is 2.18 bits per heavy atom. The van der Waals surface area contributed by atoms with Crippen LogP contribution in [0.1, 0.15) is 56.0 Å². The van der Waals surface area contributed by atoms with Gasteiger partial charge in [0.2, 0.25) is 0 Å². The Bertz CT molecular complexity index is 1560. The van der Waals surface area contributed by atoms with E-state index in [1.54, 1.807) is 49.4 Å². The van der Waals surface area contributed by atoms with Gasteiger partial charge in [-0.25, -0.2) is 4.79 Å². The first-order valence-corrected chi connectivity index (χ1v) is 13.8. The summed E-state index contributed by atoms with van der Waals surface area (Å²) < 4.78 is 28.1. The second-order valence-corrected chi connectivity index (χ2v) is 11.0. The predicted molar refractivity (Wildman–Crippen MR) is 149 cm³/mol. The van der Waals surface area contributed by atoms with Crippen LogP contribution >= 0.6 is 0 Å². The summed E-state index contributed by atoms with van der Waals surface area (Å²) in [5.74, 6) is -2.03. The Hall–Kier alpha value is -4.51. The van der Waals surface area contributed by atoms with Crippen LogP contribution in [0.3, 0.4) is 0 Å². The van der Waals surface area contributed by atoms with E-state index in [0.717, 1.165) is 6.26 Å². The highest BCUT2D eigenvalue weighted by molar-refractivity contribution is 7.86. The normalized spacial score (nSPS) is 11.1. The second-order valence-electron chi connectivity index (χ2n) is 9.38. The van der Waals surface area contributed by atoms with Crippen molar-refractivity contribution in [1.29, 1.82) is 5.41 Å². The van der Waals surface area contributed by atoms with Crippen LogP contribution in [0.2, 0.25) is 0 Å². The molecule has 3 rings (SSSR count). The summed E-state index contributed by atoms with van der Waals surface area (Å²) in [4.78, 5) is 39.0. The van der Waals surface area contributed by atoms with Gasteiger partial charge in [0.1, 0.15) is 5.84 Å². The molecule has 204 valence electrons. The monoisotopic (exact) mass is 550 g/mol. The summed E-state index contributed by atoms with van der Waals surface area (Å²) in [5, 5.41) is 13.2. The minimum absolute atomic E-state index is 0.101. The lowest BCUT2D eigenvalue weighted by Crippen LogP contribution is -2.27. The van der Waals surface area contributed by atoms with Crippen LogP contribution in [0.5, 0.6) is 0 Å². The van der Waals surface area contributed by atoms with Gasteiger partial charge in [-0.05, 0) is 65.9 Å². The highest BCUT2D eigenvalue weighted by Crippen LogP contribution is 2.30. The summed E-state index contributed by atoms with van der Waals surface area (Å²) in [6.45, 7) is 6.02. The fraction of sp³-hybridized carbons (Fsp3) is 0.214. The average Bonchev–Trinajstić information content (AvgIpc) is 2.86. The van der Waals surface area contributed by atoms with E-state index in [1.807, 2.05) is 13.8 Å². The Labute approximate surface area is 227 Å². The number of nitrogens with one attached hydrogen (secondary N) is 3. The number of carbonyl (C=O) groups is 3. The van der Waals surface area contributed by atoms with Crippen molar-refractivity contribution in [2.75, 3.05) is 18.1 Å². The van der Waals surface area contributed by atoms with Crippen LogP contribution in [0.4, 0.5) is 5.69 Å². The van der Waals surface area contributed by atoms with Gasteiger partial charge >= 0.3 is 16.1 Å². The number of amidine groups is 1. The molecule has 3 aromatic carbocycles. The standard InChI is InChI=1S/C28H30N4O6S/c1-16(2)15-31-26(33)19-9-11-21(23(14-19)28(35)38-39(4,36)37)20-7-5-6-8-22(20)27(34)32-24-12-10-18(25(29)30)13-17(24)3/h5-14,16H,15H2,1-4H3,(H3,29,30)(H,31,33)(H,32,34). The highest BCUT2D eigenvalue weighted by Gasteiger charge is 2.24. The summed E-state index contributed by atoms with van der Waals surface area (Å²) >= 11 is 0. The summed E-state index contributed by atoms with van der Waals surface area (Å²) in [6.07, 6.45) is 0.741. The van der Waals surface area contributed by atoms with Crippen molar-refractivity contribution < 1.29 is 27.0 Å². The van der Waals surface area contributed by atoms with Crippen LogP contribution in [-0.4, -0.2) is 44.8 Å². The fourth-order valence-corrected chi connectivity index (χ4v) is 4.11. The van der Waals surface area contributed by atoms with Crippen molar-refractivity contribution in [3.05, 3.63) is 88.5 Å². The van der Waals surface area contributed by atoms with Crippen LogP contribution in [0, 0.1) is 18.3 Å². The van der Waals surface area contributed by atoms with Crippen molar-refractivity contribution in [2.24, 2.45) is 11.7 Å². The van der Waals surface area contributed by atoms with Crippen molar-refractivity contribution in [1.82, 2.24) is 5.32 Å². The number of aryl methyl sites for hydroxylation is 1. The molecule has 0 fully saturated rings. The molecule has 0 atom stereocenters. The third kappa shape index (κ3) is 7.51. The summed E-state index contributed by atoms with van der Waals surface area (Å²) in [6, 6.07) is 15.6. The minimum atomic E-state index is -4.16. The van der Waals surface area contributed by atoms with Gasteiger partial charge in [0.25, 0.3) is 11.8 Å². The number of anilines is 1. The minimum Gasteiger partial charge on any atom is -0.384 e. The van der Waals surface area contributed by atoms with E-state index in [1.165, 1.54) is 18.2 Å². The Balaban J connectivity index is 2.07. The highest BCUT2D eigenvalue weighted by atomic mass is 32.2. The van der Waals surface area contributed by atoms with E-state index in [4.69, 9.17) is 11.1 Å². The summed E-state index contributed by atoms with van der Waals surface area (Å²) in [7, 11) is -4.16. The van der Waals surface area contributed by atoms with Crippen LogP contribution in [-0.2, 0) is 14.3 Å². The maximum Gasteiger partial charge on any atom is 0.354 e. The Kier molecular flexibility index (Phi) is 8.87. The molecule has 0 unspecified atom stereocenters. The summed E-state index contributed by atoms with van der Waals surface area (Å²) in [5.41, 5.74) is 7.88. The van der Waals surface area contributed by atoms with E-state index in [9.17, 15) is 22.8 Å². The van der Waals surface area contributed by atoms with Crippen molar-refractivity contribution in [3.8, 4) is 11.1 Å². The average molecular weight is 551 g/mol. The van der Waals surface area contributed by atoms with E-state index >= 15 is 0 Å². The Morgan fingerprint density at radius 2 is 1.56 bits per heavy atom. The lowest BCUT2D eigenvalue weighted by atomic mass is 9.93. The molecule has 2 amide bonds. The predicted octanol–water partition coefficient (Wildman–Crippen LogP) is 3.70. The van der Waals surface area contributed by atoms with Crippen molar-refractivity contribution in [3.63, 3.8) is 0 Å². The lowest BCUT2D eigenvalue weighted by molar-refractivity contribution is 0.0748. The lowest BCUT2D eigenvalue weighted by Gasteiger charge is -2.16. The first-order valence-electron chi connectivity index (χ1n) is 12.0. The molecular weight excluding hydrogens is 520 g/mol. The first-order chi connectivity index (χ1) is 18.3. The number of amides is 2. The third-order valence-corrected chi connectivity index (χ3v) is 6.10. The van der Waals surface area contributed by atoms with E-state index in [-0.39, 0.29) is 34.0 Å². The number of benzene rings is 3. The fourth-order valence-electron chi connectivity index (χ4n) is 3.75. The largest absolute Gasteiger partial charge is 0.384 e. The molecule has 5 N–H and O–H groups in total. The third-order valence-electron chi connectivity index (χ3n) is 5.65. The maximum absolute atomic E-state index is 13.4. The van der Waals surface area contributed by atoms with Gasteiger partial charge in [-0.3, -0.25) is 15.0 Å². The molecule has 0 bridgehead atoms. The molecule has 0 aliphatic heterocycles. The van der Waals surface area contributed by atoms with E-state index < -0.39 is 27.9 Å². The van der Waals surface area contributed by atoms with Gasteiger partial charge in [0.05, 0.1) is 11.8 Å². The zero-order valence-electron chi connectivity index (χ0n) is 22.0. The number of hydrogen-bond acceptors (Lipinski definition) is 7.